The Kier molecular flexibility index (Phi) is 8.32. The number of hydrogen-bond donors (Lipinski definition) is 1. The summed E-state index contributed by atoms with van der Waals surface area (Å²) < 4.78 is 5.26. The molecule has 0 bridgehead atoms. The summed E-state index contributed by atoms with van der Waals surface area (Å²) in [6.45, 7) is 7.27. The van der Waals surface area contributed by atoms with E-state index in [0.717, 1.165) is 42.4 Å². The molecule has 0 aliphatic rings. The van der Waals surface area contributed by atoms with Gasteiger partial charge in [0.15, 0.2) is 0 Å². The van der Waals surface area contributed by atoms with E-state index < -0.39 is 0 Å². The number of benzene rings is 2. The summed E-state index contributed by atoms with van der Waals surface area (Å²) in [6.07, 6.45) is 4.06. The Morgan fingerprint density at radius 2 is 1.78 bits per heavy atom. The Morgan fingerprint density at radius 1 is 1.04 bits per heavy atom. The lowest BCUT2D eigenvalue weighted by atomic mass is 10.2. The van der Waals surface area contributed by atoms with Gasteiger partial charge in [0.2, 0.25) is 0 Å². The van der Waals surface area contributed by atoms with E-state index in [9.17, 15) is 0 Å². The van der Waals surface area contributed by atoms with Crippen molar-refractivity contribution in [3.63, 3.8) is 0 Å². The van der Waals surface area contributed by atoms with Crippen molar-refractivity contribution in [2.75, 3.05) is 44.1 Å². The average molecular weight is 367 g/mol. The van der Waals surface area contributed by atoms with Gasteiger partial charge in [-0.25, -0.2) is 5.01 Å². The van der Waals surface area contributed by atoms with E-state index >= 15 is 0 Å². The number of likely N-dealkylation sites (N-methyl/N-ethyl adjacent to an activating group) is 1. The number of nitrogens with zero attached hydrogens (tertiary/aromatic N) is 4. The van der Waals surface area contributed by atoms with E-state index in [1.807, 2.05) is 54.7 Å². The van der Waals surface area contributed by atoms with Crippen LogP contribution in [0.4, 0.5) is 17.1 Å². The standard InChI is InChI=1S/C21H29N5O/c1-5-25(6-2)15-8-16-26(24-22-3)20-13-11-18(12-14-20)23-19-9-7-10-21(17-19)27-4/h7-14,16-17,23H,5-6,15H2,1-4H3/b16-8+,24-22?. The number of anilines is 3. The van der Waals surface area contributed by atoms with E-state index in [1.165, 1.54) is 0 Å². The smallest absolute Gasteiger partial charge is 0.120 e. The van der Waals surface area contributed by atoms with Gasteiger partial charge in [0.25, 0.3) is 0 Å². The zero-order valence-corrected chi connectivity index (χ0v) is 16.6. The molecule has 0 aliphatic heterocycles. The van der Waals surface area contributed by atoms with Gasteiger partial charge in [-0.2, -0.15) is 5.11 Å². The maximum atomic E-state index is 5.26. The zero-order chi connectivity index (χ0) is 19.5. The third-order valence-corrected chi connectivity index (χ3v) is 4.18. The van der Waals surface area contributed by atoms with Gasteiger partial charge in [-0.1, -0.05) is 31.2 Å². The minimum atomic E-state index is 0.824. The molecule has 2 rings (SSSR count). The highest BCUT2D eigenvalue weighted by atomic mass is 16.5. The van der Waals surface area contributed by atoms with E-state index in [2.05, 4.69) is 40.5 Å². The largest absolute Gasteiger partial charge is 0.497 e. The van der Waals surface area contributed by atoms with Gasteiger partial charge in [0, 0.05) is 30.2 Å². The number of nitrogens with one attached hydrogen (secondary N) is 1. The average Bonchev–Trinajstić information content (AvgIpc) is 2.71. The van der Waals surface area contributed by atoms with Crippen molar-refractivity contribution < 1.29 is 4.74 Å². The molecule has 144 valence electrons. The number of ether oxygens (including phenoxy) is 1. The summed E-state index contributed by atoms with van der Waals surface area (Å²) in [5.74, 6) is 0.824. The molecule has 6 nitrogen and oxygen atoms in total. The molecule has 2 aromatic rings. The summed E-state index contributed by atoms with van der Waals surface area (Å²) in [4.78, 5) is 2.33. The molecule has 0 aliphatic carbocycles. The van der Waals surface area contributed by atoms with Gasteiger partial charge in [-0.05, 0) is 49.5 Å². The molecule has 2 aromatic carbocycles. The lowest BCUT2D eigenvalue weighted by molar-refractivity contribution is 0.337. The second-order valence-electron chi connectivity index (χ2n) is 5.91. The van der Waals surface area contributed by atoms with Crippen LogP contribution in [0.2, 0.25) is 0 Å². The first-order valence-electron chi connectivity index (χ1n) is 9.19. The fourth-order valence-electron chi connectivity index (χ4n) is 2.61. The topological polar surface area (TPSA) is 52.5 Å². The molecule has 0 atom stereocenters. The van der Waals surface area contributed by atoms with Crippen LogP contribution in [-0.2, 0) is 0 Å². The molecule has 0 saturated carbocycles. The number of methoxy groups -OCH3 is 1. The summed E-state index contributed by atoms with van der Waals surface area (Å²) in [5, 5.41) is 13.3. The first-order valence-corrected chi connectivity index (χ1v) is 9.19. The molecule has 0 radical (unpaired) electrons. The van der Waals surface area contributed by atoms with Crippen LogP contribution in [0.1, 0.15) is 13.8 Å². The zero-order valence-electron chi connectivity index (χ0n) is 16.6. The summed E-state index contributed by atoms with van der Waals surface area (Å²) in [5.41, 5.74) is 2.92. The lowest BCUT2D eigenvalue weighted by Crippen LogP contribution is -2.23. The van der Waals surface area contributed by atoms with Crippen molar-refractivity contribution in [2.24, 2.45) is 10.3 Å². The van der Waals surface area contributed by atoms with Crippen molar-refractivity contribution in [2.45, 2.75) is 13.8 Å². The van der Waals surface area contributed by atoms with Crippen molar-refractivity contribution in [1.82, 2.24) is 4.90 Å². The Labute approximate surface area is 162 Å². The quantitative estimate of drug-likeness (QED) is 0.469. The fraction of sp³-hybridized carbons (Fsp3) is 0.333. The van der Waals surface area contributed by atoms with Gasteiger partial charge in [0.05, 0.1) is 19.8 Å². The van der Waals surface area contributed by atoms with Crippen LogP contribution in [0.5, 0.6) is 5.75 Å². The third-order valence-electron chi connectivity index (χ3n) is 4.18. The van der Waals surface area contributed by atoms with Crippen LogP contribution < -0.4 is 15.1 Å². The molecule has 0 heterocycles. The normalized spacial score (nSPS) is 11.4. The van der Waals surface area contributed by atoms with E-state index in [-0.39, 0.29) is 0 Å². The van der Waals surface area contributed by atoms with E-state index in [0.29, 0.717) is 0 Å². The summed E-state index contributed by atoms with van der Waals surface area (Å²) in [7, 11) is 3.34. The fourth-order valence-corrected chi connectivity index (χ4v) is 2.61. The van der Waals surface area contributed by atoms with Crippen LogP contribution in [0.3, 0.4) is 0 Å². The second-order valence-corrected chi connectivity index (χ2v) is 5.91. The van der Waals surface area contributed by atoms with Gasteiger partial charge in [-0.3, -0.25) is 0 Å². The van der Waals surface area contributed by atoms with Crippen LogP contribution in [0.15, 0.2) is 71.1 Å². The summed E-state index contributed by atoms with van der Waals surface area (Å²) >= 11 is 0. The molecule has 1 N–H and O–H groups in total. The van der Waals surface area contributed by atoms with Gasteiger partial charge in [0.1, 0.15) is 5.75 Å². The number of rotatable bonds is 10. The molecule has 0 amide bonds. The van der Waals surface area contributed by atoms with Crippen LogP contribution >= 0.6 is 0 Å². The van der Waals surface area contributed by atoms with Crippen molar-refractivity contribution in [1.29, 1.82) is 0 Å². The van der Waals surface area contributed by atoms with E-state index in [4.69, 9.17) is 4.74 Å². The Balaban J connectivity index is 2.06. The Hall–Kier alpha value is -2.86. The predicted octanol–water partition coefficient (Wildman–Crippen LogP) is 5.10. The van der Waals surface area contributed by atoms with E-state index in [1.54, 1.807) is 19.2 Å². The van der Waals surface area contributed by atoms with Gasteiger partial charge in [-0.15, -0.1) is 0 Å². The SMILES string of the molecule is CCN(CC)C/C=C/N(N=NC)c1ccc(Nc2cccc(OC)c2)cc1. The maximum absolute atomic E-state index is 5.26. The molecule has 0 fully saturated rings. The molecule has 0 saturated heterocycles. The van der Waals surface area contributed by atoms with Crippen LogP contribution in [-0.4, -0.2) is 38.7 Å². The Bertz CT molecular complexity index is 738. The molecule has 6 heteroatoms. The molecule has 0 unspecified atom stereocenters. The lowest BCUT2D eigenvalue weighted by Gasteiger charge is -2.17. The highest BCUT2D eigenvalue weighted by Crippen LogP contribution is 2.24. The molecular formula is C21H29N5O. The van der Waals surface area contributed by atoms with Crippen LogP contribution in [0.25, 0.3) is 0 Å². The van der Waals surface area contributed by atoms with Crippen molar-refractivity contribution in [3.8, 4) is 5.75 Å². The molecule has 0 spiro atoms. The first-order chi connectivity index (χ1) is 13.2. The third kappa shape index (κ3) is 6.42. The predicted molar refractivity (Wildman–Crippen MR) is 113 cm³/mol. The summed E-state index contributed by atoms with van der Waals surface area (Å²) in [6, 6.07) is 15.9. The highest BCUT2D eigenvalue weighted by molar-refractivity contribution is 5.64. The maximum Gasteiger partial charge on any atom is 0.120 e. The van der Waals surface area contributed by atoms with Crippen LogP contribution in [0, 0.1) is 0 Å². The monoisotopic (exact) mass is 367 g/mol. The van der Waals surface area contributed by atoms with Crippen molar-refractivity contribution in [3.05, 3.63) is 60.8 Å². The highest BCUT2D eigenvalue weighted by Gasteiger charge is 2.03. The first kappa shape index (κ1) is 20.5. The molecule has 0 aromatic heterocycles. The molecular weight excluding hydrogens is 338 g/mol. The Morgan fingerprint density at radius 3 is 2.41 bits per heavy atom. The second kappa shape index (κ2) is 11.0. The van der Waals surface area contributed by atoms with Gasteiger partial charge < -0.3 is 15.0 Å². The van der Waals surface area contributed by atoms with Gasteiger partial charge >= 0.3 is 0 Å². The molecule has 27 heavy (non-hydrogen) atoms. The minimum Gasteiger partial charge on any atom is -0.497 e. The number of hydrogen-bond acceptors (Lipinski definition) is 5. The minimum absolute atomic E-state index is 0.824. The van der Waals surface area contributed by atoms with Crippen molar-refractivity contribution >= 4 is 17.1 Å².